The highest BCUT2D eigenvalue weighted by Crippen LogP contribution is 2.28. The number of carboxylic acids is 1. The Hall–Kier alpha value is -2.17. The molecule has 0 amide bonds. The van der Waals surface area contributed by atoms with Crippen LogP contribution in [0.4, 0.5) is 0 Å². The molecule has 0 aliphatic heterocycles. The molecule has 2 atom stereocenters. The first-order valence-corrected chi connectivity index (χ1v) is 6.87. The van der Waals surface area contributed by atoms with Crippen molar-refractivity contribution < 1.29 is 15.0 Å². The number of aliphatic carboxylic acids is 1. The molecule has 0 fully saturated rings. The van der Waals surface area contributed by atoms with Gasteiger partial charge < -0.3 is 15.9 Å². The second kappa shape index (κ2) is 6.08. The van der Waals surface area contributed by atoms with E-state index >= 15 is 0 Å². The molecule has 0 saturated carbocycles. The van der Waals surface area contributed by atoms with E-state index in [1.54, 1.807) is 31.2 Å². The fourth-order valence-corrected chi connectivity index (χ4v) is 2.34. The van der Waals surface area contributed by atoms with Crippen molar-refractivity contribution in [1.82, 2.24) is 0 Å². The Morgan fingerprint density at radius 1 is 1.10 bits per heavy atom. The topological polar surface area (TPSA) is 83.5 Å². The first kappa shape index (κ1) is 15.2. The summed E-state index contributed by atoms with van der Waals surface area (Å²) in [6, 6.07) is 15.7. The molecule has 4 heteroatoms. The third kappa shape index (κ3) is 2.82. The minimum atomic E-state index is -2.07. The van der Waals surface area contributed by atoms with Crippen LogP contribution >= 0.6 is 0 Å². The number of aliphatic hydroxyl groups is 1. The molecule has 2 aromatic rings. The summed E-state index contributed by atoms with van der Waals surface area (Å²) in [7, 11) is 0. The SMILES string of the molecule is CCC(N)[C@@](O)(C(=O)O)c1ccc(-c2ccccc2)cc1. The van der Waals surface area contributed by atoms with E-state index in [1.807, 2.05) is 30.3 Å². The Labute approximate surface area is 123 Å². The molecule has 0 aromatic heterocycles. The van der Waals surface area contributed by atoms with Crippen LogP contribution in [0.25, 0.3) is 11.1 Å². The summed E-state index contributed by atoms with van der Waals surface area (Å²) in [4.78, 5) is 11.4. The monoisotopic (exact) mass is 285 g/mol. The summed E-state index contributed by atoms with van der Waals surface area (Å²) in [5.74, 6) is -1.33. The highest BCUT2D eigenvalue weighted by Gasteiger charge is 2.43. The molecule has 0 spiro atoms. The van der Waals surface area contributed by atoms with Gasteiger partial charge in [0.2, 0.25) is 5.60 Å². The zero-order valence-electron chi connectivity index (χ0n) is 11.9. The lowest BCUT2D eigenvalue weighted by molar-refractivity contribution is -0.162. The van der Waals surface area contributed by atoms with Crippen molar-refractivity contribution in [1.29, 1.82) is 0 Å². The number of nitrogens with two attached hydrogens (primary N) is 1. The highest BCUT2D eigenvalue weighted by molar-refractivity contribution is 5.80. The quantitative estimate of drug-likeness (QED) is 0.787. The smallest absolute Gasteiger partial charge is 0.342 e. The molecule has 0 bridgehead atoms. The maximum absolute atomic E-state index is 11.4. The largest absolute Gasteiger partial charge is 0.479 e. The van der Waals surface area contributed by atoms with Crippen molar-refractivity contribution in [3.63, 3.8) is 0 Å². The van der Waals surface area contributed by atoms with Crippen molar-refractivity contribution in [2.75, 3.05) is 0 Å². The Morgan fingerprint density at radius 3 is 2.10 bits per heavy atom. The highest BCUT2D eigenvalue weighted by atomic mass is 16.4. The number of rotatable bonds is 5. The van der Waals surface area contributed by atoms with Crippen LogP contribution in [0, 0.1) is 0 Å². The number of carbonyl (C=O) groups is 1. The maximum Gasteiger partial charge on any atom is 0.342 e. The number of hydrogen-bond donors (Lipinski definition) is 3. The van der Waals surface area contributed by atoms with Crippen molar-refractivity contribution >= 4 is 5.97 Å². The average Bonchev–Trinajstić information content (AvgIpc) is 2.54. The lowest BCUT2D eigenvalue weighted by Gasteiger charge is -2.29. The van der Waals surface area contributed by atoms with Crippen molar-refractivity contribution in [3.05, 3.63) is 60.2 Å². The first-order chi connectivity index (χ1) is 10.00. The molecule has 4 N–H and O–H groups in total. The minimum Gasteiger partial charge on any atom is -0.479 e. The fraction of sp³-hybridized carbons (Fsp3) is 0.235. The van der Waals surface area contributed by atoms with Crippen LogP contribution in [0.15, 0.2) is 54.6 Å². The summed E-state index contributed by atoms with van der Waals surface area (Å²) in [5.41, 5.74) is 6.02. The zero-order chi connectivity index (χ0) is 15.5. The van der Waals surface area contributed by atoms with E-state index in [1.165, 1.54) is 0 Å². The van der Waals surface area contributed by atoms with Gasteiger partial charge in [0.05, 0.1) is 0 Å². The van der Waals surface area contributed by atoms with E-state index in [9.17, 15) is 15.0 Å². The van der Waals surface area contributed by atoms with Gasteiger partial charge in [0.25, 0.3) is 0 Å². The van der Waals surface area contributed by atoms with Gasteiger partial charge >= 0.3 is 5.97 Å². The zero-order valence-corrected chi connectivity index (χ0v) is 11.9. The minimum absolute atomic E-state index is 0.295. The van der Waals surface area contributed by atoms with Crippen LogP contribution in [0.3, 0.4) is 0 Å². The lowest BCUT2D eigenvalue weighted by atomic mass is 9.84. The average molecular weight is 285 g/mol. The summed E-state index contributed by atoms with van der Waals surface area (Å²) < 4.78 is 0. The van der Waals surface area contributed by atoms with Crippen LogP contribution in [0.2, 0.25) is 0 Å². The van der Waals surface area contributed by atoms with Gasteiger partial charge in [0.1, 0.15) is 0 Å². The molecule has 0 heterocycles. The van der Waals surface area contributed by atoms with E-state index in [0.717, 1.165) is 11.1 Å². The Kier molecular flexibility index (Phi) is 4.40. The van der Waals surface area contributed by atoms with Crippen molar-refractivity contribution in [3.8, 4) is 11.1 Å². The molecule has 0 saturated heterocycles. The lowest BCUT2D eigenvalue weighted by Crippen LogP contribution is -2.51. The Balaban J connectivity index is 2.39. The van der Waals surface area contributed by atoms with Gasteiger partial charge in [-0.05, 0) is 23.1 Å². The molecule has 2 aromatic carbocycles. The van der Waals surface area contributed by atoms with E-state index < -0.39 is 17.6 Å². The van der Waals surface area contributed by atoms with Crippen molar-refractivity contribution in [2.24, 2.45) is 5.73 Å². The molecule has 21 heavy (non-hydrogen) atoms. The van der Waals surface area contributed by atoms with Crippen LogP contribution in [-0.2, 0) is 10.4 Å². The van der Waals surface area contributed by atoms with Gasteiger partial charge in [-0.1, -0.05) is 61.5 Å². The molecule has 0 aliphatic rings. The maximum atomic E-state index is 11.4. The van der Waals surface area contributed by atoms with Gasteiger partial charge in [-0.2, -0.15) is 0 Å². The number of benzene rings is 2. The summed E-state index contributed by atoms with van der Waals surface area (Å²) in [6.07, 6.45) is 0.364. The van der Waals surface area contributed by atoms with Crippen LogP contribution in [-0.4, -0.2) is 22.2 Å². The molecule has 0 aliphatic carbocycles. The standard InChI is InChI=1S/C17H19NO3/c1-2-15(18)17(21,16(19)20)14-10-8-13(9-11-14)12-6-4-3-5-7-12/h3-11,15,21H,2,18H2,1H3,(H,19,20)/t15?,17-/m1/s1. The van der Waals surface area contributed by atoms with Crippen LogP contribution in [0.5, 0.6) is 0 Å². The fourth-order valence-electron chi connectivity index (χ4n) is 2.34. The number of carboxylic acid groups (broad SMARTS) is 1. The first-order valence-electron chi connectivity index (χ1n) is 6.87. The van der Waals surface area contributed by atoms with Crippen molar-refractivity contribution in [2.45, 2.75) is 25.0 Å². The molecule has 2 rings (SSSR count). The predicted molar refractivity (Wildman–Crippen MR) is 81.7 cm³/mol. The summed E-state index contributed by atoms with van der Waals surface area (Å²) in [5, 5.41) is 19.8. The molecule has 0 radical (unpaired) electrons. The molecule has 1 unspecified atom stereocenters. The molecular formula is C17H19NO3. The van der Waals surface area contributed by atoms with E-state index in [2.05, 4.69) is 0 Å². The Morgan fingerprint density at radius 2 is 1.62 bits per heavy atom. The predicted octanol–water partition coefficient (Wildman–Crippen LogP) is 2.36. The summed E-state index contributed by atoms with van der Waals surface area (Å²) in [6.45, 7) is 1.75. The Bertz CT molecular complexity index is 610. The summed E-state index contributed by atoms with van der Waals surface area (Å²) >= 11 is 0. The molecule has 4 nitrogen and oxygen atoms in total. The second-order valence-corrected chi connectivity index (χ2v) is 5.03. The van der Waals surface area contributed by atoms with E-state index in [4.69, 9.17) is 5.73 Å². The van der Waals surface area contributed by atoms with Gasteiger partial charge in [0.15, 0.2) is 0 Å². The third-order valence-electron chi connectivity index (χ3n) is 3.73. The van der Waals surface area contributed by atoms with Gasteiger partial charge in [-0.3, -0.25) is 0 Å². The molecular weight excluding hydrogens is 266 g/mol. The normalized spacial score (nSPS) is 15.2. The number of hydrogen-bond acceptors (Lipinski definition) is 3. The van der Waals surface area contributed by atoms with E-state index in [0.29, 0.717) is 12.0 Å². The third-order valence-corrected chi connectivity index (χ3v) is 3.73. The van der Waals surface area contributed by atoms with Gasteiger partial charge in [0, 0.05) is 6.04 Å². The van der Waals surface area contributed by atoms with E-state index in [-0.39, 0.29) is 0 Å². The van der Waals surface area contributed by atoms with Crippen LogP contribution < -0.4 is 5.73 Å². The second-order valence-electron chi connectivity index (χ2n) is 5.03. The molecule has 110 valence electrons. The van der Waals surface area contributed by atoms with Crippen LogP contribution in [0.1, 0.15) is 18.9 Å². The van der Waals surface area contributed by atoms with Gasteiger partial charge in [-0.15, -0.1) is 0 Å². The van der Waals surface area contributed by atoms with Gasteiger partial charge in [-0.25, -0.2) is 4.79 Å².